The van der Waals surface area contributed by atoms with Crippen LogP contribution in [0.2, 0.25) is 0 Å². The highest BCUT2D eigenvalue weighted by Crippen LogP contribution is 2.13. The number of amides is 1. The van der Waals surface area contributed by atoms with E-state index in [2.05, 4.69) is 49.2 Å². The van der Waals surface area contributed by atoms with Crippen molar-refractivity contribution in [3.8, 4) is 0 Å². The average molecular weight is 300 g/mol. The predicted octanol–water partition coefficient (Wildman–Crippen LogP) is 3.31. The molecule has 0 bridgehead atoms. The summed E-state index contributed by atoms with van der Waals surface area (Å²) < 4.78 is 0. The topological polar surface area (TPSA) is 32.3 Å². The van der Waals surface area contributed by atoms with Crippen molar-refractivity contribution in [2.45, 2.75) is 46.1 Å². The van der Waals surface area contributed by atoms with Crippen LogP contribution < -0.4 is 5.32 Å². The molecule has 0 aromatic heterocycles. The molecule has 2 rings (SSSR count). The molecular formula is C19H28N2O. The van der Waals surface area contributed by atoms with E-state index in [4.69, 9.17) is 0 Å². The van der Waals surface area contributed by atoms with E-state index in [-0.39, 0.29) is 5.91 Å². The van der Waals surface area contributed by atoms with Gasteiger partial charge in [0.25, 0.3) is 0 Å². The standard InChI is InChI=1S/C19H28N2O/c1-4-11-21-12-9-18(10-13-21)20-19(22)8-7-17-6-5-15(2)14-16(17)3/h5-8,14,18H,4,9-13H2,1-3H3,(H,20,22)/b8-7+. The van der Waals surface area contributed by atoms with E-state index >= 15 is 0 Å². The van der Waals surface area contributed by atoms with Gasteiger partial charge < -0.3 is 10.2 Å². The highest BCUT2D eigenvalue weighted by molar-refractivity contribution is 5.92. The first-order valence-electron chi connectivity index (χ1n) is 8.36. The maximum Gasteiger partial charge on any atom is 0.244 e. The second kappa shape index (κ2) is 8.14. The first-order valence-corrected chi connectivity index (χ1v) is 8.36. The molecule has 0 spiro atoms. The second-order valence-corrected chi connectivity index (χ2v) is 6.32. The third-order valence-corrected chi connectivity index (χ3v) is 4.31. The van der Waals surface area contributed by atoms with Gasteiger partial charge in [-0.25, -0.2) is 0 Å². The summed E-state index contributed by atoms with van der Waals surface area (Å²) in [5.41, 5.74) is 3.56. The number of benzene rings is 1. The molecule has 1 saturated heterocycles. The summed E-state index contributed by atoms with van der Waals surface area (Å²) >= 11 is 0. The number of hydrogen-bond donors (Lipinski definition) is 1. The van der Waals surface area contributed by atoms with E-state index in [0.29, 0.717) is 6.04 Å². The van der Waals surface area contributed by atoms with E-state index < -0.39 is 0 Å². The Bertz CT molecular complexity index is 528. The van der Waals surface area contributed by atoms with Gasteiger partial charge in [0.15, 0.2) is 0 Å². The molecule has 0 atom stereocenters. The van der Waals surface area contributed by atoms with Crippen molar-refractivity contribution in [3.05, 3.63) is 41.0 Å². The Morgan fingerprint density at radius 1 is 1.32 bits per heavy atom. The Morgan fingerprint density at radius 3 is 2.68 bits per heavy atom. The molecule has 1 fully saturated rings. The molecule has 3 heteroatoms. The molecule has 1 amide bonds. The smallest absolute Gasteiger partial charge is 0.244 e. The normalized spacial score (nSPS) is 17.0. The molecule has 1 aromatic carbocycles. The van der Waals surface area contributed by atoms with Gasteiger partial charge in [-0.15, -0.1) is 0 Å². The molecule has 0 saturated carbocycles. The Labute approximate surface area is 134 Å². The van der Waals surface area contributed by atoms with Crippen molar-refractivity contribution in [1.29, 1.82) is 0 Å². The number of nitrogens with one attached hydrogen (secondary N) is 1. The first kappa shape index (κ1) is 16.8. The average Bonchev–Trinajstić information content (AvgIpc) is 2.49. The predicted molar refractivity (Wildman–Crippen MR) is 92.8 cm³/mol. The monoisotopic (exact) mass is 300 g/mol. The van der Waals surface area contributed by atoms with Gasteiger partial charge in [-0.05, 0) is 56.9 Å². The lowest BCUT2D eigenvalue weighted by molar-refractivity contribution is -0.117. The maximum absolute atomic E-state index is 12.1. The molecule has 0 aliphatic carbocycles. The van der Waals surface area contributed by atoms with Crippen LogP contribution in [0, 0.1) is 13.8 Å². The number of carbonyl (C=O) groups is 1. The van der Waals surface area contributed by atoms with Gasteiger partial charge in [-0.2, -0.15) is 0 Å². The number of likely N-dealkylation sites (tertiary alicyclic amines) is 1. The van der Waals surface area contributed by atoms with Crippen LogP contribution >= 0.6 is 0 Å². The second-order valence-electron chi connectivity index (χ2n) is 6.32. The van der Waals surface area contributed by atoms with Crippen molar-refractivity contribution in [2.75, 3.05) is 19.6 Å². The number of hydrogen-bond acceptors (Lipinski definition) is 2. The van der Waals surface area contributed by atoms with Crippen LogP contribution in [0.3, 0.4) is 0 Å². The van der Waals surface area contributed by atoms with Crippen LogP contribution in [0.15, 0.2) is 24.3 Å². The summed E-state index contributed by atoms with van der Waals surface area (Å²) in [5.74, 6) is 0.0221. The number of aryl methyl sites for hydroxylation is 2. The van der Waals surface area contributed by atoms with Crippen LogP contribution in [0.1, 0.15) is 42.9 Å². The molecule has 1 heterocycles. The van der Waals surface area contributed by atoms with Gasteiger partial charge >= 0.3 is 0 Å². The minimum Gasteiger partial charge on any atom is -0.350 e. The summed E-state index contributed by atoms with van der Waals surface area (Å²) in [4.78, 5) is 14.5. The lowest BCUT2D eigenvalue weighted by Gasteiger charge is -2.31. The van der Waals surface area contributed by atoms with Crippen LogP contribution in [-0.4, -0.2) is 36.5 Å². The molecule has 120 valence electrons. The van der Waals surface area contributed by atoms with Crippen molar-refractivity contribution in [1.82, 2.24) is 10.2 Å². The summed E-state index contributed by atoms with van der Waals surface area (Å²) in [6, 6.07) is 6.61. The lowest BCUT2D eigenvalue weighted by atomic mass is 10.0. The van der Waals surface area contributed by atoms with Gasteiger partial charge in [0, 0.05) is 25.2 Å². The number of nitrogens with zero attached hydrogens (tertiary/aromatic N) is 1. The first-order chi connectivity index (χ1) is 10.6. The Morgan fingerprint density at radius 2 is 2.05 bits per heavy atom. The zero-order chi connectivity index (χ0) is 15.9. The Kier molecular flexibility index (Phi) is 6.20. The van der Waals surface area contributed by atoms with Gasteiger partial charge in [-0.1, -0.05) is 30.7 Å². The number of carbonyl (C=O) groups excluding carboxylic acids is 1. The highest BCUT2D eigenvalue weighted by Gasteiger charge is 2.19. The summed E-state index contributed by atoms with van der Waals surface area (Å²) in [6.45, 7) is 9.74. The molecular weight excluding hydrogens is 272 g/mol. The zero-order valence-electron chi connectivity index (χ0n) is 14.1. The van der Waals surface area contributed by atoms with Gasteiger partial charge in [0.1, 0.15) is 0 Å². The molecule has 1 aromatic rings. The molecule has 3 nitrogen and oxygen atoms in total. The van der Waals surface area contributed by atoms with E-state index in [1.54, 1.807) is 6.08 Å². The zero-order valence-corrected chi connectivity index (χ0v) is 14.1. The fourth-order valence-electron chi connectivity index (χ4n) is 3.04. The summed E-state index contributed by atoms with van der Waals surface area (Å²) in [7, 11) is 0. The third-order valence-electron chi connectivity index (χ3n) is 4.31. The van der Waals surface area contributed by atoms with E-state index in [1.165, 1.54) is 24.1 Å². The maximum atomic E-state index is 12.1. The largest absolute Gasteiger partial charge is 0.350 e. The van der Waals surface area contributed by atoms with Gasteiger partial charge in [-0.3, -0.25) is 4.79 Å². The molecule has 1 N–H and O–H groups in total. The molecule has 1 aliphatic heterocycles. The fourth-order valence-corrected chi connectivity index (χ4v) is 3.04. The van der Waals surface area contributed by atoms with E-state index in [9.17, 15) is 4.79 Å². The van der Waals surface area contributed by atoms with Crippen molar-refractivity contribution >= 4 is 12.0 Å². The molecule has 0 unspecified atom stereocenters. The Hall–Kier alpha value is -1.61. The fraction of sp³-hybridized carbons (Fsp3) is 0.526. The van der Waals surface area contributed by atoms with E-state index in [1.807, 2.05) is 6.08 Å². The SMILES string of the molecule is CCCN1CCC(NC(=O)/C=C/c2ccc(C)cc2C)CC1. The molecule has 1 aliphatic rings. The van der Waals surface area contributed by atoms with E-state index in [0.717, 1.165) is 31.5 Å². The molecule has 22 heavy (non-hydrogen) atoms. The number of rotatable bonds is 5. The third kappa shape index (κ3) is 4.99. The van der Waals surface area contributed by atoms with Gasteiger partial charge in [0.2, 0.25) is 5.91 Å². The Balaban J connectivity index is 1.82. The van der Waals surface area contributed by atoms with Crippen LogP contribution in [0.4, 0.5) is 0 Å². The highest BCUT2D eigenvalue weighted by atomic mass is 16.1. The minimum absolute atomic E-state index is 0.0221. The van der Waals surface area contributed by atoms with Crippen LogP contribution in [0.5, 0.6) is 0 Å². The van der Waals surface area contributed by atoms with Crippen LogP contribution in [0.25, 0.3) is 6.08 Å². The molecule has 0 radical (unpaired) electrons. The van der Waals surface area contributed by atoms with Crippen LogP contribution in [-0.2, 0) is 4.79 Å². The van der Waals surface area contributed by atoms with Crippen molar-refractivity contribution < 1.29 is 4.79 Å². The van der Waals surface area contributed by atoms with Crippen molar-refractivity contribution in [2.24, 2.45) is 0 Å². The van der Waals surface area contributed by atoms with Gasteiger partial charge in [0.05, 0.1) is 0 Å². The quantitative estimate of drug-likeness (QED) is 0.846. The number of piperidine rings is 1. The lowest BCUT2D eigenvalue weighted by Crippen LogP contribution is -2.44. The minimum atomic E-state index is 0.0221. The van der Waals surface area contributed by atoms with Crippen molar-refractivity contribution in [3.63, 3.8) is 0 Å². The summed E-state index contributed by atoms with van der Waals surface area (Å²) in [5, 5.41) is 3.13. The summed E-state index contributed by atoms with van der Waals surface area (Å²) in [6.07, 6.45) is 6.90.